The highest BCUT2D eigenvalue weighted by Gasteiger charge is 2.24. The van der Waals surface area contributed by atoms with Crippen molar-refractivity contribution in [3.05, 3.63) is 59.7 Å². The fraction of sp³-hybridized carbons (Fsp3) is 0.235. The number of hydrogen-bond donors (Lipinski definition) is 0. The SMILES string of the molecule is COc1c(C(C)=O)cccc1N(Cc1ccccc1)S(C)(=O)=O. The van der Waals surface area contributed by atoms with Gasteiger partial charge in [0.1, 0.15) is 0 Å². The fourth-order valence-electron chi connectivity index (χ4n) is 2.34. The largest absolute Gasteiger partial charge is 0.494 e. The van der Waals surface area contributed by atoms with Gasteiger partial charge in [0, 0.05) is 0 Å². The van der Waals surface area contributed by atoms with E-state index in [9.17, 15) is 13.2 Å². The molecule has 2 aromatic carbocycles. The monoisotopic (exact) mass is 333 g/mol. The molecule has 0 saturated heterocycles. The Morgan fingerprint density at radius 2 is 1.74 bits per heavy atom. The van der Waals surface area contributed by atoms with Crippen LogP contribution in [0.4, 0.5) is 5.69 Å². The second kappa shape index (κ2) is 6.83. The van der Waals surface area contributed by atoms with Gasteiger partial charge in [-0.3, -0.25) is 9.10 Å². The number of ether oxygens (including phenoxy) is 1. The van der Waals surface area contributed by atoms with Crippen LogP contribution < -0.4 is 9.04 Å². The standard InChI is InChI=1S/C17H19NO4S/c1-13(19)15-10-7-11-16(17(15)22-2)18(23(3,20)21)12-14-8-5-4-6-9-14/h4-11H,12H2,1-3H3. The quantitative estimate of drug-likeness (QED) is 0.763. The van der Waals surface area contributed by atoms with E-state index in [4.69, 9.17) is 4.74 Å². The zero-order valence-electron chi connectivity index (χ0n) is 13.3. The number of para-hydroxylation sites is 1. The number of carbonyl (C=O) groups excluding carboxylic acids is 1. The molecule has 0 amide bonds. The van der Waals surface area contributed by atoms with Gasteiger partial charge < -0.3 is 4.74 Å². The van der Waals surface area contributed by atoms with Crippen LogP contribution in [0.3, 0.4) is 0 Å². The van der Waals surface area contributed by atoms with E-state index in [1.165, 1.54) is 18.3 Å². The van der Waals surface area contributed by atoms with Gasteiger partial charge in [-0.15, -0.1) is 0 Å². The maximum atomic E-state index is 12.3. The lowest BCUT2D eigenvalue weighted by atomic mass is 10.1. The van der Waals surface area contributed by atoms with E-state index in [2.05, 4.69) is 0 Å². The van der Waals surface area contributed by atoms with Gasteiger partial charge in [0.15, 0.2) is 11.5 Å². The Balaban J connectivity index is 2.57. The number of methoxy groups -OCH3 is 1. The smallest absolute Gasteiger partial charge is 0.232 e. The van der Waals surface area contributed by atoms with Crippen molar-refractivity contribution in [3.63, 3.8) is 0 Å². The second-order valence-corrected chi connectivity index (χ2v) is 7.08. The molecule has 0 radical (unpaired) electrons. The first-order valence-electron chi connectivity index (χ1n) is 7.04. The fourth-order valence-corrected chi connectivity index (χ4v) is 3.23. The molecular weight excluding hydrogens is 314 g/mol. The third-order valence-electron chi connectivity index (χ3n) is 3.42. The molecule has 0 aliphatic rings. The van der Waals surface area contributed by atoms with Crippen LogP contribution in [0.1, 0.15) is 22.8 Å². The van der Waals surface area contributed by atoms with Crippen LogP contribution in [-0.4, -0.2) is 27.6 Å². The molecule has 0 fully saturated rings. The summed E-state index contributed by atoms with van der Waals surface area (Å²) in [6.07, 6.45) is 1.13. The van der Waals surface area contributed by atoms with Crippen molar-refractivity contribution in [2.24, 2.45) is 0 Å². The molecule has 0 aliphatic carbocycles. The first-order valence-corrected chi connectivity index (χ1v) is 8.89. The van der Waals surface area contributed by atoms with Gasteiger partial charge >= 0.3 is 0 Å². The van der Waals surface area contributed by atoms with Gasteiger partial charge in [-0.2, -0.15) is 0 Å². The van der Waals surface area contributed by atoms with E-state index in [0.717, 1.165) is 11.8 Å². The Morgan fingerprint density at radius 3 is 2.26 bits per heavy atom. The summed E-state index contributed by atoms with van der Waals surface area (Å²) in [7, 11) is -2.12. The molecule has 0 bridgehead atoms. The molecular formula is C17H19NO4S. The number of rotatable bonds is 6. The van der Waals surface area contributed by atoms with E-state index in [-0.39, 0.29) is 18.1 Å². The van der Waals surface area contributed by atoms with Crippen molar-refractivity contribution in [2.45, 2.75) is 13.5 Å². The molecule has 122 valence electrons. The van der Waals surface area contributed by atoms with Gasteiger partial charge in [0.25, 0.3) is 0 Å². The Morgan fingerprint density at radius 1 is 1.09 bits per heavy atom. The lowest BCUT2D eigenvalue weighted by Gasteiger charge is -2.25. The summed E-state index contributed by atoms with van der Waals surface area (Å²) in [5, 5.41) is 0. The normalized spacial score (nSPS) is 11.1. The molecule has 0 N–H and O–H groups in total. The zero-order valence-corrected chi connectivity index (χ0v) is 14.1. The van der Waals surface area contributed by atoms with E-state index < -0.39 is 10.0 Å². The first kappa shape index (κ1) is 17.0. The van der Waals surface area contributed by atoms with Crippen molar-refractivity contribution in [1.82, 2.24) is 0 Å². The molecule has 0 aliphatic heterocycles. The summed E-state index contributed by atoms with van der Waals surface area (Å²) >= 11 is 0. The Bertz CT molecular complexity index is 801. The van der Waals surface area contributed by atoms with Gasteiger partial charge in [0.05, 0.1) is 31.2 Å². The maximum absolute atomic E-state index is 12.3. The van der Waals surface area contributed by atoms with Gasteiger partial charge in [-0.25, -0.2) is 8.42 Å². The van der Waals surface area contributed by atoms with Crippen LogP contribution in [0.15, 0.2) is 48.5 Å². The van der Waals surface area contributed by atoms with Crippen molar-refractivity contribution >= 4 is 21.5 Å². The number of Topliss-reactive ketones (excluding diaryl/α,β-unsaturated/α-hetero) is 1. The van der Waals surface area contributed by atoms with Gasteiger partial charge in [0.2, 0.25) is 10.0 Å². The summed E-state index contributed by atoms with van der Waals surface area (Å²) in [6, 6.07) is 14.2. The summed E-state index contributed by atoms with van der Waals surface area (Å²) in [4.78, 5) is 11.8. The number of nitrogens with zero attached hydrogens (tertiary/aromatic N) is 1. The molecule has 6 heteroatoms. The minimum absolute atomic E-state index is 0.164. The highest BCUT2D eigenvalue weighted by atomic mass is 32.2. The van der Waals surface area contributed by atoms with E-state index in [0.29, 0.717) is 11.3 Å². The number of hydrogen-bond acceptors (Lipinski definition) is 4. The molecule has 0 aromatic heterocycles. The highest BCUT2D eigenvalue weighted by molar-refractivity contribution is 7.92. The zero-order chi connectivity index (χ0) is 17.0. The van der Waals surface area contributed by atoms with Gasteiger partial charge in [-0.1, -0.05) is 36.4 Å². The third kappa shape index (κ3) is 3.90. The van der Waals surface area contributed by atoms with Crippen molar-refractivity contribution in [1.29, 1.82) is 0 Å². The van der Waals surface area contributed by atoms with Crippen LogP contribution in [0.25, 0.3) is 0 Å². The molecule has 0 heterocycles. The molecule has 2 rings (SSSR count). The summed E-state index contributed by atoms with van der Waals surface area (Å²) in [5.41, 5.74) is 1.55. The lowest BCUT2D eigenvalue weighted by molar-refractivity contribution is 0.101. The molecule has 5 nitrogen and oxygen atoms in total. The molecule has 0 atom stereocenters. The summed E-state index contributed by atoms with van der Waals surface area (Å²) in [5.74, 6) is 0.0817. The number of carbonyl (C=O) groups is 1. The predicted molar refractivity (Wildman–Crippen MR) is 90.5 cm³/mol. The average Bonchev–Trinajstić information content (AvgIpc) is 2.51. The Kier molecular flexibility index (Phi) is 5.05. The summed E-state index contributed by atoms with van der Waals surface area (Å²) < 4.78 is 31.1. The molecule has 0 saturated carbocycles. The molecule has 23 heavy (non-hydrogen) atoms. The highest BCUT2D eigenvalue weighted by Crippen LogP contribution is 2.34. The van der Waals surface area contributed by atoms with Crippen molar-refractivity contribution in [3.8, 4) is 5.75 Å². The van der Waals surface area contributed by atoms with Crippen molar-refractivity contribution < 1.29 is 17.9 Å². The minimum Gasteiger partial charge on any atom is -0.494 e. The van der Waals surface area contributed by atoms with Crippen LogP contribution in [0.5, 0.6) is 5.75 Å². The lowest BCUT2D eigenvalue weighted by Crippen LogP contribution is -2.30. The molecule has 0 spiro atoms. The number of anilines is 1. The van der Waals surface area contributed by atoms with Gasteiger partial charge in [-0.05, 0) is 24.6 Å². The number of benzene rings is 2. The van der Waals surface area contributed by atoms with Crippen LogP contribution in [0, 0.1) is 0 Å². The van der Waals surface area contributed by atoms with E-state index >= 15 is 0 Å². The number of sulfonamides is 1. The molecule has 0 unspecified atom stereocenters. The van der Waals surface area contributed by atoms with E-state index in [1.807, 2.05) is 30.3 Å². The molecule has 2 aromatic rings. The van der Waals surface area contributed by atoms with E-state index in [1.54, 1.807) is 18.2 Å². The second-order valence-electron chi connectivity index (χ2n) is 5.17. The maximum Gasteiger partial charge on any atom is 0.232 e. The minimum atomic E-state index is -3.55. The Hall–Kier alpha value is -2.34. The Labute approximate surface area is 136 Å². The first-order chi connectivity index (χ1) is 10.8. The van der Waals surface area contributed by atoms with Crippen molar-refractivity contribution in [2.75, 3.05) is 17.7 Å². The topological polar surface area (TPSA) is 63.7 Å². The average molecular weight is 333 g/mol. The van der Waals surface area contributed by atoms with Crippen LogP contribution in [-0.2, 0) is 16.6 Å². The predicted octanol–water partition coefficient (Wildman–Crippen LogP) is 2.86. The number of ketones is 1. The third-order valence-corrected chi connectivity index (χ3v) is 4.54. The summed E-state index contributed by atoms with van der Waals surface area (Å²) in [6.45, 7) is 1.58. The van der Waals surface area contributed by atoms with Crippen LogP contribution >= 0.6 is 0 Å². The van der Waals surface area contributed by atoms with Crippen LogP contribution in [0.2, 0.25) is 0 Å².